The van der Waals surface area contributed by atoms with Crippen molar-refractivity contribution in [3.63, 3.8) is 0 Å². The Bertz CT molecular complexity index is 687. The van der Waals surface area contributed by atoms with Gasteiger partial charge in [-0.1, -0.05) is 12.1 Å². The maximum absolute atomic E-state index is 12.8. The van der Waals surface area contributed by atoms with Crippen molar-refractivity contribution in [3.05, 3.63) is 34.2 Å². The maximum Gasteiger partial charge on any atom is 0.426 e. The number of carboxylic acid groups (broad SMARTS) is 2. The fourth-order valence-electron chi connectivity index (χ4n) is 1.70. The van der Waals surface area contributed by atoms with E-state index in [-0.39, 0.29) is 27.0 Å². The number of carbonyl (C=O) groups is 2. The zero-order valence-electron chi connectivity index (χ0n) is 8.99. The molecular formula is C11H5F3O4S. The van der Waals surface area contributed by atoms with E-state index in [0.717, 1.165) is 12.1 Å². The van der Waals surface area contributed by atoms with Gasteiger partial charge in [-0.05, 0) is 6.07 Å². The SMILES string of the molecule is O=C(O)c1c(C(F)(F)F)sc2c(C(=O)O)cccc12. The van der Waals surface area contributed by atoms with Crippen LogP contribution < -0.4 is 0 Å². The average Bonchev–Trinajstić information content (AvgIpc) is 2.66. The summed E-state index contributed by atoms with van der Waals surface area (Å²) in [6.45, 7) is 0. The van der Waals surface area contributed by atoms with Gasteiger partial charge in [0.15, 0.2) is 0 Å². The molecule has 8 heteroatoms. The van der Waals surface area contributed by atoms with Crippen molar-refractivity contribution in [2.24, 2.45) is 0 Å². The lowest BCUT2D eigenvalue weighted by Gasteiger charge is -2.04. The Balaban J connectivity index is 2.92. The highest BCUT2D eigenvalue weighted by Gasteiger charge is 2.39. The lowest BCUT2D eigenvalue weighted by Crippen LogP contribution is -2.09. The molecule has 0 unspecified atom stereocenters. The molecule has 0 bridgehead atoms. The molecule has 0 fully saturated rings. The van der Waals surface area contributed by atoms with Crippen molar-refractivity contribution >= 4 is 33.4 Å². The second-order valence-corrected chi connectivity index (χ2v) is 4.62. The molecule has 0 aliphatic heterocycles. The molecule has 19 heavy (non-hydrogen) atoms. The van der Waals surface area contributed by atoms with Crippen LogP contribution in [0.1, 0.15) is 25.6 Å². The number of hydrogen-bond donors (Lipinski definition) is 2. The molecule has 2 rings (SSSR count). The first-order valence-electron chi connectivity index (χ1n) is 4.82. The van der Waals surface area contributed by atoms with Gasteiger partial charge in [0.2, 0.25) is 0 Å². The number of rotatable bonds is 2. The summed E-state index contributed by atoms with van der Waals surface area (Å²) in [6, 6.07) is 3.51. The van der Waals surface area contributed by atoms with Crippen molar-refractivity contribution in [1.82, 2.24) is 0 Å². The van der Waals surface area contributed by atoms with Gasteiger partial charge in [-0.2, -0.15) is 13.2 Å². The Morgan fingerprint density at radius 1 is 1.11 bits per heavy atom. The Hall–Kier alpha value is -2.09. The third-order valence-corrected chi connectivity index (χ3v) is 3.70. The lowest BCUT2D eigenvalue weighted by molar-refractivity contribution is -0.134. The summed E-state index contributed by atoms with van der Waals surface area (Å²) in [5, 5.41) is 17.6. The number of hydrogen-bond acceptors (Lipinski definition) is 3. The topological polar surface area (TPSA) is 74.6 Å². The van der Waals surface area contributed by atoms with Crippen molar-refractivity contribution in [1.29, 1.82) is 0 Å². The molecule has 2 aromatic rings. The van der Waals surface area contributed by atoms with Crippen LogP contribution in [0.3, 0.4) is 0 Å². The molecule has 2 N–H and O–H groups in total. The summed E-state index contributed by atoms with van der Waals surface area (Å²) in [7, 11) is 0. The number of benzene rings is 1. The summed E-state index contributed by atoms with van der Waals surface area (Å²) in [4.78, 5) is 20.6. The van der Waals surface area contributed by atoms with Crippen LogP contribution in [-0.2, 0) is 6.18 Å². The molecule has 1 aromatic heterocycles. The highest BCUT2D eigenvalue weighted by molar-refractivity contribution is 7.20. The summed E-state index contributed by atoms with van der Waals surface area (Å²) >= 11 is 0.127. The Labute approximate surface area is 107 Å². The first-order valence-corrected chi connectivity index (χ1v) is 5.64. The normalized spacial score (nSPS) is 11.7. The summed E-state index contributed by atoms with van der Waals surface area (Å²) in [5.41, 5.74) is -1.25. The molecule has 0 amide bonds. The molecule has 0 radical (unpaired) electrons. The third kappa shape index (κ3) is 2.14. The van der Waals surface area contributed by atoms with Crippen LogP contribution in [0.4, 0.5) is 13.2 Å². The maximum atomic E-state index is 12.8. The van der Waals surface area contributed by atoms with Crippen LogP contribution in [0.5, 0.6) is 0 Å². The van der Waals surface area contributed by atoms with Gasteiger partial charge in [-0.15, -0.1) is 11.3 Å². The number of carboxylic acids is 2. The molecular weight excluding hydrogens is 285 g/mol. The van der Waals surface area contributed by atoms with E-state index in [9.17, 15) is 22.8 Å². The average molecular weight is 290 g/mol. The molecule has 0 atom stereocenters. The number of fused-ring (bicyclic) bond motifs is 1. The summed E-state index contributed by atoms with van der Waals surface area (Å²) < 4.78 is 38.1. The van der Waals surface area contributed by atoms with Gasteiger partial charge < -0.3 is 10.2 Å². The molecule has 0 aliphatic rings. The molecule has 1 aromatic carbocycles. The monoisotopic (exact) mass is 290 g/mol. The van der Waals surface area contributed by atoms with E-state index < -0.39 is 28.6 Å². The lowest BCUT2D eigenvalue weighted by atomic mass is 10.1. The van der Waals surface area contributed by atoms with Gasteiger partial charge in [0.05, 0.1) is 15.8 Å². The molecule has 0 saturated carbocycles. The number of thiophene rings is 1. The Morgan fingerprint density at radius 2 is 1.74 bits per heavy atom. The van der Waals surface area contributed by atoms with Gasteiger partial charge in [0.25, 0.3) is 0 Å². The van der Waals surface area contributed by atoms with Crippen LogP contribution in [-0.4, -0.2) is 22.2 Å². The fraction of sp³-hybridized carbons (Fsp3) is 0.0909. The van der Waals surface area contributed by atoms with Crippen molar-refractivity contribution < 1.29 is 33.0 Å². The number of aromatic carboxylic acids is 2. The van der Waals surface area contributed by atoms with E-state index >= 15 is 0 Å². The van der Waals surface area contributed by atoms with E-state index in [0.29, 0.717) is 0 Å². The molecule has 100 valence electrons. The van der Waals surface area contributed by atoms with E-state index in [4.69, 9.17) is 10.2 Å². The fourth-order valence-corrected chi connectivity index (χ4v) is 2.86. The third-order valence-electron chi connectivity index (χ3n) is 2.42. The van der Waals surface area contributed by atoms with E-state index in [1.165, 1.54) is 6.07 Å². The quantitative estimate of drug-likeness (QED) is 0.889. The second-order valence-electron chi connectivity index (χ2n) is 3.60. The van der Waals surface area contributed by atoms with Crippen LogP contribution in [0.15, 0.2) is 18.2 Å². The predicted molar refractivity (Wildman–Crippen MR) is 60.7 cm³/mol. The minimum atomic E-state index is -4.84. The zero-order chi connectivity index (χ0) is 14.4. The first-order chi connectivity index (χ1) is 8.73. The van der Waals surface area contributed by atoms with Crippen molar-refractivity contribution in [2.75, 3.05) is 0 Å². The van der Waals surface area contributed by atoms with Gasteiger partial charge in [-0.3, -0.25) is 0 Å². The van der Waals surface area contributed by atoms with Crippen LogP contribution in [0.25, 0.3) is 10.1 Å². The Morgan fingerprint density at radius 3 is 2.21 bits per heavy atom. The second kappa shape index (κ2) is 4.23. The molecule has 0 saturated heterocycles. The van der Waals surface area contributed by atoms with Crippen LogP contribution >= 0.6 is 11.3 Å². The highest BCUT2D eigenvalue weighted by Crippen LogP contribution is 2.43. The van der Waals surface area contributed by atoms with Gasteiger partial charge in [0.1, 0.15) is 4.88 Å². The molecule has 0 spiro atoms. The minimum Gasteiger partial charge on any atom is -0.478 e. The molecule has 1 heterocycles. The zero-order valence-corrected chi connectivity index (χ0v) is 9.80. The van der Waals surface area contributed by atoms with E-state index in [1.54, 1.807) is 0 Å². The molecule has 0 aliphatic carbocycles. The summed E-state index contributed by atoms with van der Waals surface area (Å²) in [6.07, 6.45) is -4.84. The predicted octanol–water partition coefficient (Wildman–Crippen LogP) is 3.32. The standard InChI is InChI=1S/C11H5F3O4S/c12-11(13,14)8-6(10(17)18)4-2-1-3-5(9(15)16)7(4)19-8/h1-3H,(H,15,16)(H,17,18). The van der Waals surface area contributed by atoms with Crippen LogP contribution in [0, 0.1) is 0 Å². The number of alkyl halides is 3. The smallest absolute Gasteiger partial charge is 0.426 e. The van der Waals surface area contributed by atoms with Gasteiger partial charge >= 0.3 is 18.1 Å². The minimum absolute atomic E-state index is 0.127. The first kappa shape index (κ1) is 13.3. The largest absolute Gasteiger partial charge is 0.478 e. The molecule has 4 nitrogen and oxygen atoms in total. The van der Waals surface area contributed by atoms with Crippen molar-refractivity contribution in [3.8, 4) is 0 Å². The van der Waals surface area contributed by atoms with Crippen LogP contribution in [0.2, 0.25) is 0 Å². The van der Waals surface area contributed by atoms with Gasteiger partial charge in [0, 0.05) is 5.39 Å². The summed E-state index contributed by atoms with van der Waals surface area (Å²) in [5.74, 6) is -3.14. The van der Waals surface area contributed by atoms with Gasteiger partial charge in [-0.25, -0.2) is 9.59 Å². The van der Waals surface area contributed by atoms with E-state index in [1.807, 2.05) is 0 Å². The number of halogens is 3. The van der Waals surface area contributed by atoms with Crippen molar-refractivity contribution in [2.45, 2.75) is 6.18 Å². The highest BCUT2D eigenvalue weighted by atomic mass is 32.1. The van der Waals surface area contributed by atoms with E-state index in [2.05, 4.69) is 0 Å². The Kier molecular flexibility index (Phi) is 2.97.